The van der Waals surface area contributed by atoms with Gasteiger partial charge in [0, 0.05) is 57.7 Å². The molecular formula is C22H31N5O2S. The van der Waals surface area contributed by atoms with E-state index in [1.54, 1.807) is 18.4 Å². The van der Waals surface area contributed by atoms with E-state index in [0.717, 1.165) is 38.7 Å². The van der Waals surface area contributed by atoms with E-state index in [1.165, 1.54) is 24.3 Å². The third kappa shape index (κ3) is 5.23. The lowest BCUT2D eigenvalue weighted by Gasteiger charge is -2.37. The summed E-state index contributed by atoms with van der Waals surface area (Å²) in [6.07, 6.45) is 4.06. The molecule has 2 aromatic heterocycles. The first-order valence-corrected chi connectivity index (χ1v) is 11.6. The summed E-state index contributed by atoms with van der Waals surface area (Å²) >= 11 is 1.84. The molecule has 0 saturated carbocycles. The highest BCUT2D eigenvalue weighted by Crippen LogP contribution is 2.20. The number of nitrogens with one attached hydrogen (secondary N) is 1. The summed E-state index contributed by atoms with van der Waals surface area (Å²) < 4.78 is 5.25. The van der Waals surface area contributed by atoms with Crippen LogP contribution in [0.25, 0.3) is 0 Å². The van der Waals surface area contributed by atoms with Gasteiger partial charge in [-0.25, -0.2) is 0 Å². The first-order chi connectivity index (χ1) is 14.7. The van der Waals surface area contributed by atoms with Crippen molar-refractivity contribution in [1.82, 2.24) is 20.0 Å². The van der Waals surface area contributed by atoms with E-state index in [4.69, 9.17) is 4.42 Å². The van der Waals surface area contributed by atoms with Crippen LogP contribution in [-0.4, -0.2) is 79.4 Å². The molecule has 162 valence electrons. The maximum atomic E-state index is 12.4. The summed E-state index contributed by atoms with van der Waals surface area (Å²) in [5, 5.41) is 5.75. The van der Waals surface area contributed by atoms with Crippen LogP contribution in [0, 0.1) is 5.92 Å². The fraction of sp³-hybridized carbons (Fsp3) is 0.545. The summed E-state index contributed by atoms with van der Waals surface area (Å²) in [5.74, 6) is 1.96. The third-order valence-electron chi connectivity index (χ3n) is 5.92. The molecule has 2 fully saturated rings. The first-order valence-electron chi connectivity index (χ1n) is 10.8. The average molecular weight is 430 g/mol. The predicted molar refractivity (Wildman–Crippen MR) is 120 cm³/mol. The minimum Gasteiger partial charge on any atom is -0.459 e. The molecule has 4 heterocycles. The number of piperidine rings is 1. The van der Waals surface area contributed by atoms with Crippen molar-refractivity contribution in [3.8, 4) is 0 Å². The van der Waals surface area contributed by atoms with E-state index in [9.17, 15) is 4.79 Å². The van der Waals surface area contributed by atoms with Crippen molar-refractivity contribution in [1.29, 1.82) is 0 Å². The van der Waals surface area contributed by atoms with Gasteiger partial charge < -0.3 is 19.5 Å². The van der Waals surface area contributed by atoms with Gasteiger partial charge in [-0.15, -0.1) is 11.3 Å². The number of rotatable bonds is 5. The summed E-state index contributed by atoms with van der Waals surface area (Å²) in [4.78, 5) is 25.1. The van der Waals surface area contributed by atoms with Gasteiger partial charge in [0.05, 0.1) is 6.26 Å². The maximum absolute atomic E-state index is 12.4. The van der Waals surface area contributed by atoms with Crippen molar-refractivity contribution in [3.63, 3.8) is 0 Å². The number of hydrogen-bond donors (Lipinski definition) is 1. The van der Waals surface area contributed by atoms with Gasteiger partial charge >= 0.3 is 0 Å². The summed E-state index contributed by atoms with van der Waals surface area (Å²) in [6, 6.07) is 7.84. The van der Waals surface area contributed by atoms with Gasteiger partial charge in [-0.2, -0.15) is 0 Å². The fourth-order valence-corrected chi connectivity index (χ4v) is 5.08. The van der Waals surface area contributed by atoms with Crippen molar-refractivity contribution in [2.45, 2.75) is 19.4 Å². The second-order valence-corrected chi connectivity index (χ2v) is 9.04. The van der Waals surface area contributed by atoms with E-state index >= 15 is 0 Å². The number of amides is 1. The van der Waals surface area contributed by atoms with Crippen LogP contribution >= 0.6 is 11.3 Å². The molecule has 0 aromatic carbocycles. The number of guanidine groups is 1. The molecule has 1 unspecified atom stereocenters. The van der Waals surface area contributed by atoms with E-state index < -0.39 is 0 Å². The molecule has 0 aliphatic carbocycles. The van der Waals surface area contributed by atoms with Crippen molar-refractivity contribution in [3.05, 3.63) is 46.5 Å². The number of aliphatic imine (C=N–C) groups is 1. The Balaban J connectivity index is 1.23. The normalized spacial score (nSPS) is 21.1. The minimum absolute atomic E-state index is 0.0318. The van der Waals surface area contributed by atoms with Gasteiger partial charge in [-0.05, 0) is 48.9 Å². The second-order valence-electron chi connectivity index (χ2n) is 8.01. The lowest BCUT2D eigenvalue weighted by molar-refractivity contribution is 0.0657. The molecule has 8 heteroatoms. The molecule has 1 N–H and O–H groups in total. The Hall–Kier alpha value is -2.32. The monoisotopic (exact) mass is 429 g/mol. The molecular weight excluding hydrogens is 398 g/mol. The quantitative estimate of drug-likeness (QED) is 0.585. The molecule has 2 saturated heterocycles. The van der Waals surface area contributed by atoms with Crippen LogP contribution in [0.15, 0.2) is 45.3 Å². The van der Waals surface area contributed by atoms with Crippen molar-refractivity contribution < 1.29 is 9.21 Å². The van der Waals surface area contributed by atoms with Gasteiger partial charge in [0.2, 0.25) is 0 Å². The van der Waals surface area contributed by atoms with E-state index in [0.29, 0.717) is 24.8 Å². The van der Waals surface area contributed by atoms with Gasteiger partial charge in [0.1, 0.15) is 0 Å². The van der Waals surface area contributed by atoms with Crippen LogP contribution in [0.5, 0.6) is 0 Å². The van der Waals surface area contributed by atoms with Crippen molar-refractivity contribution in [2.75, 3.05) is 52.9 Å². The van der Waals surface area contributed by atoms with Crippen molar-refractivity contribution in [2.24, 2.45) is 10.9 Å². The Bertz CT molecular complexity index is 813. The van der Waals surface area contributed by atoms with Crippen LogP contribution in [0.3, 0.4) is 0 Å². The maximum Gasteiger partial charge on any atom is 0.289 e. The molecule has 1 atom stereocenters. The highest BCUT2D eigenvalue weighted by molar-refractivity contribution is 7.09. The number of furan rings is 1. The smallest absolute Gasteiger partial charge is 0.289 e. The van der Waals surface area contributed by atoms with Crippen LogP contribution in [0.1, 0.15) is 28.3 Å². The molecule has 30 heavy (non-hydrogen) atoms. The zero-order valence-electron chi connectivity index (χ0n) is 17.6. The third-order valence-corrected chi connectivity index (χ3v) is 6.78. The largest absolute Gasteiger partial charge is 0.459 e. The molecule has 0 spiro atoms. The van der Waals surface area contributed by atoms with Gasteiger partial charge in [-0.1, -0.05) is 6.07 Å². The molecule has 2 aromatic rings. The fourth-order valence-electron chi connectivity index (χ4n) is 4.33. The Kier molecular flexibility index (Phi) is 7.07. The van der Waals surface area contributed by atoms with E-state index in [-0.39, 0.29) is 5.91 Å². The second kappa shape index (κ2) is 10.1. The highest BCUT2D eigenvalue weighted by atomic mass is 32.1. The SMILES string of the molecule is CN=C(NCC1CCCN(Cc2cccs2)C1)N1CCN(C(=O)c2ccco2)CC1. The Morgan fingerprint density at radius 2 is 2.03 bits per heavy atom. The van der Waals surface area contributed by atoms with Crippen LogP contribution < -0.4 is 5.32 Å². The lowest BCUT2D eigenvalue weighted by Crippen LogP contribution is -2.54. The van der Waals surface area contributed by atoms with E-state index in [1.807, 2.05) is 23.3 Å². The Morgan fingerprint density at radius 3 is 2.73 bits per heavy atom. The lowest BCUT2D eigenvalue weighted by atomic mass is 9.98. The van der Waals surface area contributed by atoms with Crippen LogP contribution in [0.2, 0.25) is 0 Å². The highest BCUT2D eigenvalue weighted by Gasteiger charge is 2.26. The zero-order chi connectivity index (χ0) is 20.8. The Morgan fingerprint density at radius 1 is 1.20 bits per heavy atom. The van der Waals surface area contributed by atoms with Gasteiger partial charge in [0.25, 0.3) is 5.91 Å². The number of carbonyl (C=O) groups is 1. The number of thiophene rings is 1. The number of hydrogen-bond acceptors (Lipinski definition) is 5. The molecule has 2 aliphatic rings. The summed E-state index contributed by atoms with van der Waals surface area (Å²) in [5.41, 5.74) is 0. The van der Waals surface area contributed by atoms with E-state index in [2.05, 4.69) is 37.6 Å². The molecule has 2 aliphatic heterocycles. The number of likely N-dealkylation sites (tertiary alicyclic amines) is 1. The van der Waals surface area contributed by atoms with Gasteiger partial charge in [-0.3, -0.25) is 14.7 Å². The topological polar surface area (TPSA) is 64.3 Å². The predicted octanol–water partition coefficient (Wildman–Crippen LogP) is 2.59. The molecule has 4 rings (SSSR count). The number of carbonyl (C=O) groups excluding carboxylic acids is 1. The molecule has 1 amide bonds. The zero-order valence-corrected chi connectivity index (χ0v) is 18.4. The summed E-state index contributed by atoms with van der Waals surface area (Å²) in [7, 11) is 1.84. The molecule has 7 nitrogen and oxygen atoms in total. The van der Waals surface area contributed by atoms with Crippen molar-refractivity contribution >= 4 is 23.2 Å². The van der Waals surface area contributed by atoms with Gasteiger partial charge in [0.15, 0.2) is 11.7 Å². The molecule has 0 radical (unpaired) electrons. The van der Waals surface area contributed by atoms with Crippen LogP contribution in [-0.2, 0) is 6.54 Å². The summed E-state index contributed by atoms with van der Waals surface area (Å²) in [6.45, 7) is 7.24. The standard InChI is InChI=1S/C22H31N5O2S/c1-23-22(27-11-9-26(10-12-27)21(28)20-7-3-13-29-20)24-15-18-5-2-8-25(16-18)17-19-6-4-14-30-19/h3-4,6-7,13-14,18H,2,5,8-12,15-17H2,1H3,(H,23,24). The average Bonchev–Trinajstić information content (AvgIpc) is 3.49. The first kappa shape index (κ1) is 20.9. The molecule has 0 bridgehead atoms. The number of piperazine rings is 1. The number of nitrogens with zero attached hydrogens (tertiary/aromatic N) is 4. The Labute approximate surface area is 182 Å². The van der Waals surface area contributed by atoms with Crippen LogP contribution in [0.4, 0.5) is 0 Å². The minimum atomic E-state index is -0.0318.